The largest absolute Gasteiger partial charge is 0.389 e. The third kappa shape index (κ3) is 1.97. The van der Waals surface area contributed by atoms with Crippen molar-refractivity contribution < 1.29 is 10.2 Å². The first kappa shape index (κ1) is 11.2. The molecule has 0 amide bonds. The van der Waals surface area contributed by atoms with Gasteiger partial charge in [0.2, 0.25) is 0 Å². The van der Waals surface area contributed by atoms with Crippen molar-refractivity contribution in [3.8, 4) is 0 Å². The van der Waals surface area contributed by atoms with Crippen molar-refractivity contribution in [2.75, 3.05) is 18.0 Å². The lowest BCUT2D eigenvalue weighted by Crippen LogP contribution is -2.26. The highest BCUT2D eigenvalue weighted by Crippen LogP contribution is 2.21. The maximum absolute atomic E-state index is 9.45. The Morgan fingerprint density at radius 1 is 1.44 bits per heavy atom. The van der Waals surface area contributed by atoms with E-state index in [2.05, 4.69) is 10.2 Å². The van der Waals surface area contributed by atoms with Gasteiger partial charge >= 0.3 is 0 Å². The second kappa shape index (κ2) is 4.28. The summed E-state index contributed by atoms with van der Waals surface area (Å²) < 4.78 is 0. The molecule has 1 saturated heterocycles. The molecule has 6 nitrogen and oxygen atoms in total. The standard InChI is InChI=1S/C9H12N4O2S/c10-8(16)5-1-2-11-12-9(5)13-3-6(14)7(15)4-13/h1-2,6-7,14-15H,3-4H2,(H2,10,16). The quantitative estimate of drug-likeness (QED) is 0.550. The number of thiocarbonyl (C=S) groups is 1. The maximum Gasteiger partial charge on any atom is 0.161 e. The van der Waals surface area contributed by atoms with Gasteiger partial charge in [-0.25, -0.2) is 0 Å². The molecule has 1 fully saturated rings. The van der Waals surface area contributed by atoms with Gasteiger partial charge in [0.25, 0.3) is 0 Å². The van der Waals surface area contributed by atoms with Crippen LogP contribution in [0.3, 0.4) is 0 Å². The Morgan fingerprint density at radius 3 is 2.62 bits per heavy atom. The van der Waals surface area contributed by atoms with E-state index in [0.717, 1.165) is 0 Å². The van der Waals surface area contributed by atoms with Crippen molar-refractivity contribution in [2.45, 2.75) is 12.2 Å². The highest BCUT2D eigenvalue weighted by molar-refractivity contribution is 7.80. The van der Waals surface area contributed by atoms with E-state index in [-0.39, 0.29) is 4.99 Å². The molecule has 0 bridgehead atoms. The molecule has 4 N–H and O–H groups in total. The molecule has 16 heavy (non-hydrogen) atoms. The topological polar surface area (TPSA) is 95.5 Å². The molecule has 1 aliphatic rings. The summed E-state index contributed by atoms with van der Waals surface area (Å²) in [7, 11) is 0. The van der Waals surface area contributed by atoms with Crippen LogP contribution in [0.4, 0.5) is 5.82 Å². The van der Waals surface area contributed by atoms with E-state index in [4.69, 9.17) is 18.0 Å². The lowest BCUT2D eigenvalue weighted by atomic mass is 10.2. The third-order valence-corrected chi connectivity index (χ3v) is 2.75. The number of rotatable bonds is 2. The van der Waals surface area contributed by atoms with Gasteiger partial charge in [-0.05, 0) is 6.07 Å². The Balaban J connectivity index is 2.31. The second-order valence-corrected chi connectivity index (χ2v) is 4.11. The van der Waals surface area contributed by atoms with Crippen LogP contribution in [0.2, 0.25) is 0 Å². The van der Waals surface area contributed by atoms with Crippen molar-refractivity contribution >= 4 is 23.0 Å². The zero-order valence-electron chi connectivity index (χ0n) is 8.45. The van der Waals surface area contributed by atoms with E-state index in [1.807, 2.05) is 0 Å². The molecule has 0 spiro atoms. The minimum atomic E-state index is -0.777. The molecule has 0 aliphatic carbocycles. The van der Waals surface area contributed by atoms with Crippen molar-refractivity contribution in [3.05, 3.63) is 17.8 Å². The number of aliphatic hydroxyl groups excluding tert-OH is 2. The van der Waals surface area contributed by atoms with Crippen LogP contribution in [0.5, 0.6) is 0 Å². The van der Waals surface area contributed by atoms with Crippen LogP contribution in [-0.2, 0) is 0 Å². The zero-order valence-corrected chi connectivity index (χ0v) is 9.26. The molecule has 2 heterocycles. The molecule has 0 aromatic carbocycles. The molecule has 0 saturated carbocycles. The fourth-order valence-electron chi connectivity index (χ4n) is 1.69. The average Bonchev–Trinajstić information content (AvgIpc) is 2.59. The third-order valence-electron chi connectivity index (χ3n) is 2.53. The van der Waals surface area contributed by atoms with Crippen molar-refractivity contribution in [3.63, 3.8) is 0 Å². The average molecular weight is 240 g/mol. The molecular formula is C9H12N4O2S. The van der Waals surface area contributed by atoms with Crippen LogP contribution in [0, 0.1) is 0 Å². The van der Waals surface area contributed by atoms with Crippen LogP contribution in [-0.4, -0.2) is 50.7 Å². The van der Waals surface area contributed by atoms with Gasteiger partial charge in [-0.15, -0.1) is 5.10 Å². The molecule has 2 unspecified atom stereocenters. The van der Waals surface area contributed by atoms with E-state index >= 15 is 0 Å². The van der Waals surface area contributed by atoms with Gasteiger partial charge in [0, 0.05) is 13.1 Å². The first-order chi connectivity index (χ1) is 7.59. The smallest absolute Gasteiger partial charge is 0.161 e. The van der Waals surface area contributed by atoms with Crippen LogP contribution in [0.25, 0.3) is 0 Å². The summed E-state index contributed by atoms with van der Waals surface area (Å²) in [4.78, 5) is 1.94. The molecule has 0 radical (unpaired) electrons. The predicted molar refractivity (Wildman–Crippen MR) is 62.1 cm³/mol. The lowest BCUT2D eigenvalue weighted by Gasteiger charge is -2.18. The van der Waals surface area contributed by atoms with Crippen LogP contribution >= 0.6 is 12.2 Å². The molecule has 1 aromatic rings. The summed E-state index contributed by atoms with van der Waals surface area (Å²) in [6.07, 6.45) is -0.0524. The van der Waals surface area contributed by atoms with E-state index < -0.39 is 12.2 Å². The molecule has 2 atom stereocenters. The number of aliphatic hydroxyl groups is 2. The van der Waals surface area contributed by atoms with Crippen LogP contribution in [0.1, 0.15) is 5.56 Å². The Kier molecular flexibility index (Phi) is 2.99. The molecular weight excluding hydrogens is 228 g/mol. The first-order valence-electron chi connectivity index (χ1n) is 4.82. The van der Waals surface area contributed by atoms with Gasteiger partial charge in [-0.3, -0.25) is 0 Å². The summed E-state index contributed by atoms with van der Waals surface area (Å²) in [5.41, 5.74) is 6.17. The molecule has 86 valence electrons. The minimum Gasteiger partial charge on any atom is -0.389 e. The van der Waals surface area contributed by atoms with Gasteiger partial charge in [-0.2, -0.15) is 5.10 Å². The number of anilines is 1. The Labute approximate surface area is 97.7 Å². The van der Waals surface area contributed by atoms with E-state index in [9.17, 15) is 10.2 Å². The lowest BCUT2D eigenvalue weighted by molar-refractivity contribution is 0.0572. The second-order valence-electron chi connectivity index (χ2n) is 3.67. The number of nitrogens with zero attached hydrogens (tertiary/aromatic N) is 3. The zero-order chi connectivity index (χ0) is 11.7. The summed E-state index contributed by atoms with van der Waals surface area (Å²) >= 11 is 4.90. The first-order valence-corrected chi connectivity index (χ1v) is 5.23. The number of nitrogens with two attached hydrogens (primary N) is 1. The van der Waals surface area contributed by atoms with Gasteiger partial charge in [-0.1, -0.05) is 12.2 Å². The number of hydrogen-bond donors (Lipinski definition) is 3. The number of hydrogen-bond acceptors (Lipinski definition) is 6. The number of β-amino-alcohol motifs (C(OH)–C–C–N with tert-alkyl or cyclic N) is 2. The summed E-state index contributed by atoms with van der Waals surface area (Å²) in [6.45, 7) is 0.602. The van der Waals surface area contributed by atoms with Gasteiger partial charge in [0.15, 0.2) is 5.82 Å². The summed E-state index contributed by atoms with van der Waals surface area (Å²) in [6, 6.07) is 1.67. The van der Waals surface area contributed by atoms with Crippen molar-refractivity contribution in [2.24, 2.45) is 5.73 Å². The summed E-state index contributed by atoms with van der Waals surface area (Å²) in [5.74, 6) is 0.505. The monoisotopic (exact) mass is 240 g/mol. The number of aromatic nitrogens is 2. The fourth-order valence-corrected chi connectivity index (χ4v) is 1.85. The predicted octanol–water partition coefficient (Wildman–Crippen LogP) is -1.35. The van der Waals surface area contributed by atoms with Crippen molar-refractivity contribution in [1.82, 2.24) is 10.2 Å². The van der Waals surface area contributed by atoms with Crippen molar-refractivity contribution in [1.29, 1.82) is 0 Å². The fraction of sp³-hybridized carbons (Fsp3) is 0.444. The Morgan fingerprint density at radius 2 is 2.06 bits per heavy atom. The molecule has 2 rings (SSSR count). The van der Waals surface area contributed by atoms with Gasteiger partial charge < -0.3 is 20.8 Å². The van der Waals surface area contributed by atoms with Crippen LogP contribution in [0.15, 0.2) is 12.3 Å². The SMILES string of the molecule is NC(=S)c1ccnnc1N1CC(O)C(O)C1. The maximum atomic E-state index is 9.45. The molecule has 1 aliphatic heterocycles. The molecule has 7 heteroatoms. The minimum absolute atomic E-state index is 0.223. The Bertz CT molecular complexity index is 404. The van der Waals surface area contributed by atoms with E-state index in [1.165, 1.54) is 6.20 Å². The summed E-state index contributed by atoms with van der Waals surface area (Å²) in [5, 5.41) is 26.6. The van der Waals surface area contributed by atoms with Gasteiger partial charge in [0.05, 0.1) is 24.0 Å². The highest BCUT2D eigenvalue weighted by atomic mass is 32.1. The molecule has 1 aromatic heterocycles. The highest BCUT2D eigenvalue weighted by Gasteiger charge is 2.31. The van der Waals surface area contributed by atoms with E-state index in [1.54, 1.807) is 11.0 Å². The van der Waals surface area contributed by atoms with Gasteiger partial charge in [0.1, 0.15) is 4.99 Å². The normalized spacial score (nSPS) is 24.8. The Hall–Kier alpha value is -1.31. The van der Waals surface area contributed by atoms with Crippen LogP contribution < -0.4 is 10.6 Å². The van der Waals surface area contributed by atoms with E-state index in [0.29, 0.717) is 24.5 Å².